The van der Waals surface area contributed by atoms with E-state index in [0.29, 0.717) is 0 Å². The van der Waals surface area contributed by atoms with Gasteiger partial charge in [-0.25, -0.2) is 0 Å². The van der Waals surface area contributed by atoms with E-state index in [0.717, 1.165) is 30.0 Å². The molecule has 4 heteroatoms. The van der Waals surface area contributed by atoms with Crippen LogP contribution >= 0.6 is 38.5 Å². The van der Waals surface area contributed by atoms with Gasteiger partial charge >= 0.3 is 0 Å². The van der Waals surface area contributed by atoms with E-state index in [1.54, 1.807) is 6.07 Å². The third-order valence-corrected chi connectivity index (χ3v) is 4.20. The van der Waals surface area contributed by atoms with Crippen molar-refractivity contribution in [2.24, 2.45) is 0 Å². The lowest BCUT2D eigenvalue weighted by Gasteiger charge is -2.00. The Morgan fingerprint density at radius 1 is 1.25 bits per heavy atom. The summed E-state index contributed by atoms with van der Waals surface area (Å²) in [5, 5.41) is 11.8. The Labute approximate surface area is 114 Å². The van der Waals surface area contributed by atoms with E-state index in [9.17, 15) is 5.11 Å². The highest BCUT2D eigenvalue weighted by molar-refractivity contribution is 14.1. The van der Waals surface area contributed by atoms with Crippen molar-refractivity contribution < 1.29 is 9.52 Å². The minimum Gasteiger partial charge on any atom is -0.507 e. The lowest BCUT2D eigenvalue weighted by Crippen LogP contribution is -1.77. The molecule has 0 unspecified atom stereocenters. The van der Waals surface area contributed by atoms with E-state index >= 15 is 0 Å². The normalized spacial score (nSPS) is 11.4. The van der Waals surface area contributed by atoms with Gasteiger partial charge in [-0.2, -0.15) is 0 Å². The fourth-order valence-corrected chi connectivity index (χ4v) is 3.00. The average Bonchev–Trinajstić information content (AvgIpc) is 2.66. The monoisotopic (exact) mass is 388 g/mol. The molecule has 0 aliphatic heterocycles. The number of phenols is 1. The molecular formula is C12H6BrIO2. The van der Waals surface area contributed by atoms with Gasteiger partial charge in [0.2, 0.25) is 0 Å². The van der Waals surface area contributed by atoms with Crippen molar-refractivity contribution in [3.8, 4) is 5.75 Å². The van der Waals surface area contributed by atoms with E-state index in [1.165, 1.54) is 0 Å². The first-order chi connectivity index (χ1) is 7.68. The Bertz CT molecular complexity index is 703. The number of hydrogen-bond donors (Lipinski definition) is 1. The zero-order valence-corrected chi connectivity index (χ0v) is 11.7. The zero-order chi connectivity index (χ0) is 11.3. The molecule has 0 amide bonds. The quantitative estimate of drug-likeness (QED) is 0.568. The highest BCUT2D eigenvalue weighted by Crippen LogP contribution is 2.40. The van der Waals surface area contributed by atoms with Gasteiger partial charge in [0.05, 0.1) is 8.04 Å². The molecular weight excluding hydrogens is 383 g/mol. The van der Waals surface area contributed by atoms with Gasteiger partial charge in [0.25, 0.3) is 0 Å². The topological polar surface area (TPSA) is 33.4 Å². The third kappa shape index (κ3) is 1.36. The number of phenolic OH excluding ortho intramolecular Hbond substituents is 1. The molecule has 0 atom stereocenters. The summed E-state index contributed by atoms with van der Waals surface area (Å²) in [7, 11) is 0. The number of halogens is 2. The molecule has 16 heavy (non-hydrogen) atoms. The van der Waals surface area contributed by atoms with E-state index < -0.39 is 0 Å². The number of aromatic hydroxyl groups is 1. The maximum Gasteiger partial charge on any atom is 0.150 e. The number of benzene rings is 2. The van der Waals surface area contributed by atoms with E-state index in [4.69, 9.17) is 4.42 Å². The van der Waals surface area contributed by atoms with Crippen LogP contribution in [0.3, 0.4) is 0 Å². The number of furan rings is 1. The minimum absolute atomic E-state index is 0.270. The third-order valence-electron chi connectivity index (χ3n) is 2.52. The molecule has 0 bridgehead atoms. The summed E-state index contributed by atoms with van der Waals surface area (Å²) in [5.41, 5.74) is 1.62. The number of fused-ring (bicyclic) bond motifs is 3. The highest BCUT2D eigenvalue weighted by atomic mass is 127. The van der Waals surface area contributed by atoms with Crippen LogP contribution in [-0.4, -0.2) is 5.11 Å². The Hall–Kier alpha value is -0.750. The number of rotatable bonds is 0. The Balaban J connectivity index is 2.66. The van der Waals surface area contributed by atoms with Crippen molar-refractivity contribution in [2.45, 2.75) is 0 Å². The molecule has 2 nitrogen and oxygen atoms in total. The molecule has 1 aromatic heterocycles. The molecule has 80 valence electrons. The first kappa shape index (κ1) is 10.4. The van der Waals surface area contributed by atoms with Gasteiger partial charge in [-0.3, -0.25) is 0 Å². The van der Waals surface area contributed by atoms with E-state index in [-0.39, 0.29) is 5.75 Å². The first-order valence-corrected chi connectivity index (χ1v) is 6.54. The average molecular weight is 389 g/mol. The van der Waals surface area contributed by atoms with Gasteiger partial charge in [-0.1, -0.05) is 18.2 Å². The van der Waals surface area contributed by atoms with Crippen molar-refractivity contribution in [1.29, 1.82) is 0 Å². The van der Waals surface area contributed by atoms with Crippen LogP contribution in [0.4, 0.5) is 0 Å². The summed E-state index contributed by atoms with van der Waals surface area (Å²) in [5.74, 6) is 0.270. The molecule has 0 aliphatic carbocycles. The Morgan fingerprint density at radius 2 is 2.00 bits per heavy atom. The van der Waals surface area contributed by atoms with Crippen LogP contribution in [-0.2, 0) is 0 Å². The zero-order valence-electron chi connectivity index (χ0n) is 8.00. The SMILES string of the molecule is Oc1cc(Br)c2oc3ccccc3c2c1I. The van der Waals surface area contributed by atoms with Crippen molar-refractivity contribution in [3.63, 3.8) is 0 Å². The molecule has 2 aromatic carbocycles. The number of hydrogen-bond acceptors (Lipinski definition) is 2. The number of para-hydroxylation sites is 1. The van der Waals surface area contributed by atoms with Gasteiger partial charge in [0, 0.05) is 10.8 Å². The summed E-state index contributed by atoms with van der Waals surface area (Å²) in [6.45, 7) is 0. The van der Waals surface area contributed by atoms with Crippen LogP contribution < -0.4 is 0 Å². The van der Waals surface area contributed by atoms with Gasteiger partial charge in [-0.05, 0) is 50.7 Å². The molecule has 1 N–H and O–H groups in total. The van der Waals surface area contributed by atoms with Gasteiger partial charge in [0.15, 0.2) is 5.58 Å². The molecule has 0 fully saturated rings. The second-order valence-electron chi connectivity index (χ2n) is 3.49. The standard InChI is InChI=1S/C12H6BrIO2/c13-7-5-8(15)11(14)10-6-3-1-2-4-9(6)16-12(7)10/h1-5,15H. The molecule has 1 heterocycles. The van der Waals surface area contributed by atoms with Crippen LogP contribution in [0.15, 0.2) is 39.2 Å². The van der Waals surface area contributed by atoms with E-state index in [2.05, 4.69) is 38.5 Å². The molecule has 0 saturated carbocycles. The highest BCUT2D eigenvalue weighted by Gasteiger charge is 2.15. The smallest absolute Gasteiger partial charge is 0.150 e. The van der Waals surface area contributed by atoms with Crippen LogP contribution in [0.25, 0.3) is 21.9 Å². The van der Waals surface area contributed by atoms with Gasteiger partial charge in [-0.15, -0.1) is 0 Å². The molecule has 3 rings (SSSR count). The molecule has 0 saturated heterocycles. The fraction of sp³-hybridized carbons (Fsp3) is 0. The van der Waals surface area contributed by atoms with Crippen LogP contribution in [0.5, 0.6) is 5.75 Å². The van der Waals surface area contributed by atoms with Crippen molar-refractivity contribution >= 4 is 60.5 Å². The van der Waals surface area contributed by atoms with Crippen molar-refractivity contribution in [3.05, 3.63) is 38.4 Å². The lowest BCUT2D eigenvalue weighted by molar-refractivity contribution is 0.472. The van der Waals surface area contributed by atoms with Gasteiger partial charge < -0.3 is 9.52 Å². The van der Waals surface area contributed by atoms with Crippen LogP contribution in [0, 0.1) is 3.57 Å². The maximum absolute atomic E-state index is 9.80. The van der Waals surface area contributed by atoms with Crippen molar-refractivity contribution in [1.82, 2.24) is 0 Å². The minimum atomic E-state index is 0.270. The second kappa shape index (κ2) is 3.63. The predicted molar refractivity (Wildman–Crippen MR) is 75.8 cm³/mol. The summed E-state index contributed by atoms with van der Waals surface area (Å²) in [6, 6.07) is 9.48. The maximum atomic E-state index is 9.80. The summed E-state index contributed by atoms with van der Waals surface area (Å²) < 4.78 is 7.35. The summed E-state index contributed by atoms with van der Waals surface area (Å²) in [4.78, 5) is 0. The van der Waals surface area contributed by atoms with Gasteiger partial charge in [0.1, 0.15) is 11.3 Å². The fourth-order valence-electron chi connectivity index (χ4n) is 1.81. The Morgan fingerprint density at radius 3 is 2.81 bits per heavy atom. The Kier molecular flexibility index (Phi) is 2.36. The molecule has 0 aliphatic rings. The molecule has 0 radical (unpaired) electrons. The lowest BCUT2D eigenvalue weighted by atomic mass is 10.1. The van der Waals surface area contributed by atoms with Crippen molar-refractivity contribution in [2.75, 3.05) is 0 Å². The molecule has 0 spiro atoms. The van der Waals surface area contributed by atoms with Crippen LogP contribution in [0.2, 0.25) is 0 Å². The van der Waals surface area contributed by atoms with Crippen LogP contribution in [0.1, 0.15) is 0 Å². The second-order valence-corrected chi connectivity index (χ2v) is 5.43. The summed E-state index contributed by atoms with van der Waals surface area (Å²) >= 11 is 5.54. The van der Waals surface area contributed by atoms with E-state index in [1.807, 2.05) is 24.3 Å². The first-order valence-electron chi connectivity index (χ1n) is 4.66. The predicted octanol–water partition coefficient (Wildman–Crippen LogP) is 4.66. The largest absolute Gasteiger partial charge is 0.507 e. The summed E-state index contributed by atoms with van der Waals surface area (Å²) in [6.07, 6.45) is 0. The molecule has 3 aromatic rings.